The van der Waals surface area contributed by atoms with Crippen molar-refractivity contribution >= 4 is 23.8 Å². The Kier molecular flexibility index (Phi) is 7.15. The van der Waals surface area contributed by atoms with Gasteiger partial charge in [0.15, 0.2) is 0 Å². The molecule has 2 atom stereocenters. The van der Waals surface area contributed by atoms with Gasteiger partial charge in [-0.3, -0.25) is 4.90 Å². The van der Waals surface area contributed by atoms with E-state index in [4.69, 9.17) is 9.84 Å². The Morgan fingerprint density at radius 3 is 2.75 bits per heavy atom. The van der Waals surface area contributed by atoms with Crippen molar-refractivity contribution in [3.63, 3.8) is 0 Å². The lowest BCUT2D eigenvalue weighted by Crippen LogP contribution is -2.50. The first kappa shape index (κ1) is 17.1. The van der Waals surface area contributed by atoms with Crippen molar-refractivity contribution in [3.05, 3.63) is 0 Å². The summed E-state index contributed by atoms with van der Waals surface area (Å²) in [6.07, 6.45) is 0.995. The molecule has 1 aliphatic heterocycles. The van der Waals surface area contributed by atoms with Gasteiger partial charge in [-0.1, -0.05) is 13.8 Å². The van der Waals surface area contributed by atoms with Gasteiger partial charge < -0.3 is 15.2 Å². The molecular weight excluding hydrogens is 280 g/mol. The number of thioether (sulfide) groups is 1. The molecule has 2 amide bonds. The molecule has 20 heavy (non-hydrogen) atoms. The molecule has 0 aromatic carbocycles. The van der Waals surface area contributed by atoms with E-state index < -0.39 is 12.0 Å². The molecule has 2 unspecified atom stereocenters. The molecule has 0 radical (unpaired) electrons. The molecule has 1 aliphatic rings. The van der Waals surface area contributed by atoms with E-state index in [0.717, 1.165) is 6.42 Å². The molecule has 0 saturated carbocycles. The molecule has 6 nitrogen and oxygen atoms in total. The fourth-order valence-corrected chi connectivity index (χ4v) is 3.05. The van der Waals surface area contributed by atoms with Crippen LogP contribution >= 0.6 is 11.8 Å². The molecule has 0 aliphatic carbocycles. The number of hydrogen-bond donors (Lipinski definition) is 2. The fourth-order valence-electron chi connectivity index (χ4n) is 1.88. The number of rotatable bonds is 7. The summed E-state index contributed by atoms with van der Waals surface area (Å²) in [5.41, 5.74) is 0. The normalized spacial score (nSPS) is 22.3. The Balaban J connectivity index is 2.26. The first-order chi connectivity index (χ1) is 9.43. The highest BCUT2D eigenvalue weighted by Gasteiger charge is 2.39. The lowest BCUT2D eigenvalue weighted by molar-refractivity contribution is -0.141. The van der Waals surface area contributed by atoms with Crippen molar-refractivity contribution in [2.45, 2.75) is 38.6 Å². The van der Waals surface area contributed by atoms with Crippen LogP contribution in [0.25, 0.3) is 0 Å². The number of carbonyl (C=O) groups excluding carboxylic acids is 1. The monoisotopic (exact) mass is 304 g/mol. The van der Waals surface area contributed by atoms with Crippen LogP contribution < -0.4 is 5.32 Å². The Morgan fingerprint density at radius 1 is 1.45 bits per heavy atom. The number of carboxylic acid groups (broad SMARTS) is 1. The number of carbonyl (C=O) groups is 2. The summed E-state index contributed by atoms with van der Waals surface area (Å²) in [5.74, 6) is 0.0861. The van der Waals surface area contributed by atoms with Crippen LogP contribution in [0.15, 0.2) is 0 Å². The maximum atomic E-state index is 12.0. The van der Waals surface area contributed by atoms with E-state index >= 15 is 0 Å². The van der Waals surface area contributed by atoms with E-state index in [1.54, 1.807) is 0 Å². The molecule has 7 heteroatoms. The summed E-state index contributed by atoms with van der Waals surface area (Å²) < 4.78 is 5.40. The standard InChI is InChI=1S/C13H24N2O4S/c1-9(2)4-6-19-7-5-14-13(18)15-10(3)20-8-11(15)12(16)17/h9-11H,4-8H2,1-3H3,(H,14,18)(H,16,17). The maximum absolute atomic E-state index is 12.0. The van der Waals surface area contributed by atoms with Crippen LogP contribution in [0, 0.1) is 5.92 Å². The first-order valence-electron chi connectivity index (χ1n) is 6.91. The highest BCUT2D eigenvalue weighted by Crippen LogP contribution is 2.28. The number of amides is 2. The summed E-state index contributed by atoms with van der Waals surface area (Å²) >= 11 is 1.47. The molecule has 1 heterocycles. The Morgan fingerprint density at radius 2 is 2.15 bits per heavy atom. The summed E-state index contributed by atoms with van der Waals surface area (Å²) in [5, 5.41) is 11.7. The van der Waals surface area contributed by atoms with E-state index in [9.17, 15) is 9.59 Å². The predicted octanol–water partition coefficient (Wildman–Crippen LogP) is 1.61. The van der Waals surface area contributed by atoms with Crippen LogP contribution in [-0.4, -0.2) is 58.9 Å². The Labute approximate surface area is 124 Å². The number of carboxylic acids is 1. The minimum absolute atomic E-state index is 0.113. The number of urea groups is 1. The van der Waals surface area contributed by atoms with E-state index in [1.807, 2.05) is 6.92 Å². The second-order valence-electron chi connectivity index (χ2n) is 5.22. The largest absolute Gasteiger partial charge is 0.480 e. The second kappa shape index (κ2) is 8.36. The van der Waals surface area contributed by atoms with Crippen LogP contribution in [0.3, 0.4) is 0 Å². The van der Waals surface area contributed by atoms with Crippen molar-refractivity contribution in [3.8, 4) is 0 Å². The average Bonchev–Trinajstić information content (AvgIpc) is 2.75. The number of ether oxygens (including phenoxy) is 1. The highest BCUT2D eigenvalue weighted by molar-refractivity contribution is 8.00. The van der Waals surface area contributed by atoms with Gasteiger partial charge in [0, 0.05) is 18.9 Å². The fraction of sp³-hybridized carbons (Fsp3) is 0.846. The molecular formula is C13H24N2O4S. The highest BCUT2D eigenvalue weighted by atomic mass is 32.2. The molecule has 1 fully saturated rings. The molecule has 116 valence electrons. The van der Waals surface area contributed by atoms with Gasteiger partial charge in [-0.15, -0.1) is 11.8 Å². The van der Waals surface area contributed by atoms with Gasteiger partial charge in [0.25, 0.3) is 0 Å². The number of hydrogen-bond acceptors (Lipinski definition) is 4. The third-order valence-corrected chi connectivity index (χ3v) is 4.32. The van der Waals surface area contributed by atoms with E-state index in [1.165, 1.54) is 16.7 Å². The maximum Gasteiger partial charge on any atom is 0.327 e. The van der Waals surface area contributed by atoms with Crippen LogP contribution in [-0.2, 0) is 9.53 Å². The Bertz CT molecular complexity index is 338. The smallest absolute Gasteiger partial charge is 0.327 e. The predicted molar refractivity (Wildman–Crippen MR) is 78.9 cm³/mol. The van der Waals surface area contributed by atoms with Crippen molar-refractivity contribution < 1.29 is 19.4 Å². The molecule has 0 spiro atoms. The minimum atomic E-state index is -0.954. The van der Waals surface area contributed by atoms with E-state index in [0.29, 0.717) is 31.4 Å². The summed E-state index contributed by atoms with van der Waals surface area (Å²) in [6.45, 7) is 7.63. The third kappa shape index (κ3) is 5.20. The Hall–Kier alpha value is -0.950. The lowest BCUT2D eigenvalue weighted by Gasteiger charge is -2.25. The summed E-state index contributed by atoms with van der Waals surface area (Å²) in [4.78, 5) is 24.5. The zero-order valence-corrected chi connectivity index (χ0v) is 13.1. The SMILES string of the molecule is CC(C)CCOCCNC(=O)N1C(C)SCC1C(=O)O. The van der Waals surface area contributed by atoms with E-state index in [-0.39, 0.29) is 11.4 Å². The van der Waals surface area contributed by atoms with Gasteiger partial charge in [-0.05, 0) is 19.3 Å². The average molecular weight is 304 g/mol. The summed E-state index contributed by atoms with van der Waals surface area (Å²) in [7, 11) is 0. The van der Waals surface area contributed by atoms with Crippen LogP contribution in [0.5, 0.6) is 0 Å². The van der Waals surface area contributed by atoms with Gasteiger partial charge >= 0.3 is 12.0 Å². The number of nitrogens with one attached hydrogen (secondary N) is 1. The van der Waals surface area contributed by atoms with Crippen molar-refractivity contribution in [1.29, 1.82) is 0 Å². The number of aliphatic carboxylic acids is 1. The lowest BCUT2D eigenvalue weighted by atomic mass is 10.1. The van der Waals surface area contributed by atoms with Crippen LogP contribution in [0.2, 0.25) is 0 Å². The second-order valence-corrected chi connectivity index (χ2v) is 6.57. The van der Waals surface area contributed by atoms with Gasteiger partial charge in [0.1, 0.15) is 6.04 Å². The zero-order chi connectivity index (χ0) is 15.1. The molecule has 0 aromatic heterocycles. The third-order valence-electron chi connectivity index (χ3n) is 3.10. The zero-order valence-electron chi connectivity index (χ0n) is 12.3. The first-order valence-corrected chi connectivity index (χ1v) is 7.96. The number of nitrogens with zero attached hydrogens (tertiary/aromatic N) is 1. The molecule has 0 aromatic rings. The van der Waals surface area contributed by atoms with Gasteiger partial charge in [0.2, 0.25) is 0 Å². The quantitative estimate of drug-likeness (QED) is 0.699. The van der Waals surface area contributed by atoms with Gasteiger partial charge in [-0.25, -0.2) is 9.59 Å². The van der Waals surface area contributed by atoms with Gasteiger partial charge in [-0.2, -0.15) is 0 Å². The van der Waals surface area contributed by atoms with Crippen molar-refractivity contribution in [1.82, 2.24) is 10.2 Å². The molecule has 0 bridgehead atoms. The van der Waals surface area contributed by atoms with Gasteiger partial charge in [0.05, 0.1) is 12.0 Å². The van der Waals surface area contributed by atoms with Crippen molar-refractivity contribution in [2.75, 3.05) is 25.5 Å². The minimum Gasteiger partial charge on any atom is -0.480 e. The molecule has 1 rings (SSSR count). The van der Waals surface area contributed by atoms with Crippen LogP contribution in [0.1, 0.15) is 27.2 Å². The topological polar surface area (TPSA) is 78.9 Å². The molecule has 2 N–H and O–H groups in total. The van der Waals surface area contributed by atoms with Crippen LogP contribution in [0.4, 0.5) is 4.79 Å². The van der Waals surface area contributed by atoms with E-state index in [2.05, 4.69) is 19.2 Å². The van der Waals surface area contributed by atoms with Crippen molar-refractivity contribution in [2.24, 2.45) is 5.92 Å². The molecule has 1 saturated heterocycles. The summed E-state index contributed by atoms with van der Waals surface area (Å²) in [6, 6.07) is -1.07.